The van der Waals surface area contributed by atoms with Gasteiger partial charge in [0.1, 0.15) is 6.61 Å². The maximum atomic E-state index is 11.5. The molecule has 0 aliphatic rings. The highest BCUT2D eigenvalue weighted by Gasteiger charge is 2.14. The number of carbonyl (C=O) groups is 2. The molecule has 1 aromatic carbocycles. The summed E-state index contributed by atoms with van der Waals surface area (Å²) in [5, 5.41) is 0. The predicted octanol–water partition coefficient (Wildman–Crippen LogP) is 2.32. The normalized spacial score (nSPS) is 11.7. The zero-order valence-corrected chi connectivity index (χ0v) is 10.7. The third kappa shape index (κ3) is 5.48. The number of rotatable bonds is 6. The highest BCUT2D eigenvalue weighted by atomic mass is 16.5. The van der Waals surface area contributed by atoms with E-state index in [4.69, 9.17) is 4.74 Å². The van der Waals surface area contributed by atoms with Crippen molar-refractivity contribution in [3.8, 4) is 0 Å². The van der Waals surface area contributed by atoms with E-state index in [-0.39, 0.29) is 37.3 Å². The van der Waals surface area contributed by atoms with Gasteiger partial charge in [-0.25, -0.2) is 0 Å². The molecule has 0 aliphatic carbocycles. The summed E-state index contributed by atoms with van der Waals surface area (Å²) < 4.78 is 9.66. The van der Waals surface area contributed by atoms with Crippen molar-refractivity contribution in [2.45, 2.75) is 26.4 Å². The quantitative estimate of drug-likeness (QED) is 0.727. The molecule has 0 saturated heterocycles. The van der Waals surface area contributed by atoms with Crippen LogP contribution in [0.5, 0.6) is 0 Å². The lowest BCUT2D eigenvalue weighted by molar-refractivity contribution is -0.147. The van der Waals surface area contributed by atoms with Crippen LogP contribution in [0.3, 0.4) is 0 Å². The van der Waals surface area contributed by atoms with Crippen LogP contribution in [0.15, 0.2) is 30.3 Å². The van der Waals surface area contributed by atoms with E-state index in [2.05, 4.69) is 4.74 Å². The van der Waals surface area contributed by atoms with Crippen LogP contribution in [0, 0.1) is 5.92 Å². The van der Waals surface area contributed by atoms with Gasteiger partial charge in [0, 0.05) is 12.8 Å². The first kappa shape index (κ1) is 14.2. The van der Waals surface area contributed by atoms with Gasteiger partial charge < -0.3 is 9.47 Å². The molecule has 0 unspecified atom stereocenters. The fourth-order valence-corrected chi connectivity index (χ4v) is 1.52. The van der Waals surface area contributed by atoms with Crippen molar-refractivity contribution in [3.05, 3.63) is 35.9 Å². The lowest BCUT2D eigenvalue weighted by atomic mass is 10.0. The third-order valence-corrected chi connectivity index (χ3v) is 2.50. The maximum absolute atomic E-state index is 11.5. The second-order valence-corrected chi connectivity index (χ2v) is 4.24. The smallest absolute Gasteiger partial charge is 0.306 e. The number of esters is 2. The van der Waals surface area contributed by atoms with E-state index in [9.17, 15) is 9.59 Å². The fourth-order valence-electron chi connectivity index (χ4n) is 1.52. The van der Waals surface area contributed by atoms with E-state index in [0.29, 0.717) is 0 Å². The van der Waals surface area contributed by atoms with E-state index in [1.165, 1.54) is 7.11 Å². The van der Waals surface area contributed by atoms with Crippen LogP contribution in [0.1, 0.15) is 25.3 Å². The number of benzene rings is 1. The lowest BCUT2D eigenvalue weighted by Crippen LogP contribution is -2.13. The molecule has 1 aromatic rings. The van der Waals surface area contributed by atoms with Crippen LogP contribution >= 0.6 is 0 Å². The van der Waals surface area contributed by atoms with Gasteiger partial charge in [-0.05, 0) is 11.5 Å². The van der Waals surface area contributed by atoms with Crippen molar-refractivity contribution < 1.29 is 19.1 Å². The molecule has 0 spiro atoms. The molecule has 1 atom stereocenters. The third-order valence-electron chi connectivity index (χ3n) is 2.50. The largest absolute Gasteiger partial charge is 0.469 e. The minimum atomic E-state index is -0.307. The van der Waals surface area contributed by atoms with Gasteiger partial charge >= 0.3 is 11.9 Å². The highest BCUT2D eigenvalue weighted by molar-refractivity contribution is 5.73. The lowest BCUT2D eigenvalue weighted by Gasteiger charge is -2.09. The topological polar surface area (TPSA) is 52.6 Å². The van der Waals surface area contributed by atoms with Crippen LogP contribution in [0.2, 0.25) is 0 Å². The SMILES string of the molecule is COC(=O)C[C@H](C)CC(=O)OCc1ccccc1. The highest BCUT2D eigenvalue weighted by Crippen LogP contribution is 2.10. The Morgan fingerprint density at radius 3 is 2.33 bits per heavy atom. The van der Waals surface area contributed by atoms with Gasteiger partial charge in [0.15, 0.2) is 0 Å². The molecular weight excluding hydrogens is 232 g/mol. The Balaban J connectivity index is 2.27. The van der Waals surface area contributed by atoms with Crippen molar-refractivity contribution in [2.24, 2.45) is 5.92 Å². The molecule has 18 heavy (non-hydrogen) atoms. The molecule has 0 N–H and O–H groups in total. The van der Waals surface area contributed by atoms with E-state index in [1.807, 2.05) is 37.3 Å². The average Bonchev–Trinajstić information content (AvgIpc) is 2.37. The first-order valence-corrected chi connectivity index (χ1v) is 5.88. The van der Waals surface area contributed by atoms with Gasteiger partial charge in [0.25, 0.3) is 0 Å². The molecule has 0 aromatic heterocycles. The summed E-state index contributed by atoms with van der Waals surface area (Å²) in [5.74, 6) is -0.672. The second-order valence-electron chi connectivity index (χ2n) is 4.24. The summed E-state index contributed by atoms with van der Waals surface area (Å²) in [6.07, 6.45) is 0.457. The van der Waals surface area contributed by atoms with E-state index in [0.717, 1.165) is 5.56 Å². The van der Waals surface area contributed by atoms with Gasteiger partial charge in [-0.1, -0.05) is 37.3 Å². The summed E-state index contributed by atoms with van der Waals surface area (Å²) in [6, 6.07) is 9.48. The predicted molar refractivity (Wildman–Crippen MR) is 66.7 cm³/mol. The minimum absolute atomic E-state index is 0.0688. The summed E-state index contributed by atoms with van der Waals surface area (Å²) in [4.78, 5) is 22.5. The Bertz CT molecular complexity index is 386. The van der Waals surface area contributed by atoms with E-state index < -0.39 is 0 Å². The van der Waals surface area contributed by atoms with E-state index >= 15 is 0 Å². The standard InChI is InChI=1S/C14H18O4/c1-11(8-13(15)17-2)9-14(16)18-10-12-6-4-3-5-7-12/h3-7,11H,8-10H2,1-2H3/t11-/m0/s1. The molecule has 0 amide bonds. The molecule has 4 nitrogen and oxygen atoms in total. The Hall–Kier alpha value is -1.84. The van der Waals surface area contributed by atoms with Gasteiger partial charge in [0.2, 0.25) is 0 Å². The van der Waals surface area contributed by atoms with Crippen LogP contribution in [-0.4, -0.2) is 19.0 Å². The first-order valence-electron chi connectivity index (χ1n) is 5.88. The fraction of sp³-hybridized carbons (Fsp3) is 0.429. The molecule has 1 rings (SSSR count). The van der Waals surface area contributed by atoms with Crippen molar-refractivity contribution in [3.63, 3.8) is 0 Å². The van der Waals surface area contributed by atoms with Crippen molar-refractivity contribution in [1.82, 2.24) is 0 Å². The average molecular weight is 250 g/mol. The van der Waals surface area contributed by atoms with Crippen LogP contribution in [0.25, 0.3) is 0 Å². The molecule has 4 heteroatoms. The van der Waals surface area contributed by atoms with Gasteiger partial charge in [-0.3, -0.25) is 9.59 Å². The van der Waals surface area contributed by atoms with E-state index in [1.54, 1.807) is 0 Å². The molecule has 0 fully saturated rings. The number of ether oxygens (including phenoxy) is 2. The van der Waals surface area contributed by atoms with Gasteiger partial charge in [-0.2, -0.15) is 0 Å². The number of hydrogen-bond acceptors (Lipinski definition) is 4. The Morgan fingerprint density at radius 2 is 1.72 bits per heavy atom. The molecule has 0 heterocycles. The summed E-state index contributed by atoms with van der Waals surface area (Å²) in [6.45, 7) is 2.09. The Kier molecular flexibility index (Phi) is 5.91. The number of hydrogen-bond donors (Lipinski definition) is 0. The van der Waals surface area contributed by atoms with Crippen LogP contribution < -0.4 is 0 Å². The Morgan fingerprint density at radius 1 is 1.11 bits per heavy atom. The molecule has 0 bridgehead atoms. The van der Waals surface area contributed by atoms with Crippen molar-refractivity contribution in [2.75, 3.05) is 7.11 Å². The second kappa shape index (κ2) is 7.48. The molecule has 98 valence electrons. The zero-order chi connectivity index (χ0) is 13.4. The maximum Gasteiger partial charge on any atom is 0.306 e. The summed E-state index contributed by atoms with van der Waals surface area (Å²) >= 11 is 0. The van der Waals surface area contributed by atoms with Crippen molar-refractivity contribution in [1.29, 1.82) is 0 Å². The van der Waals surface area contributed by atoms with Gasteiger partial charge in [-0.15, -0.1) is 0 Å². The minimum Gasteiger partial charge on any atom is -0.469 e. The summed E-state index contributed by atoms with van der Waals surface area (Å²) in [7, 11) is 1.34. The monoisotopic (exact) mass is 250 g/mol. The molecule has 0 saturated carbocycles. The van der Waals surface area contributed by atoms with Crippen LogP contribution in [0.4, 0.5) is 0 Å². The number of methoxy groups -OCH3 is 1. The van der Waals surface area contributed by atoms with Crippen LogP contribution in [-0.2, 0) is 25.7 Å². The summed E-state index contributed by atoms with van der Waals surface area (Å²) in [5.41, 5.74) is 0.950. The van der Waals surface area contributed by atoms with Crippen molar-refractivity contribution >= 4 is 11.9 Å². The Labute approximate surface area is 107 Å². The number of carbonyl (C=O) groups excluding carboxylic acids is 2. The van der Waals surface area contributed by atoms with Gasteiger partial charge in [0.05, 0.1) is 7.11 Å². The molecular formula is C14H18O4. The zero-order valence-electron chi connectivity index (χ0n) is 10.7. The molecule has 0 radical (unpaired) electrons. The first-order chi connectivity index (χ1) is 8.61. The molecule has 0 aliphatic heterocycles.